The number of rotatable bonds is 5. The van der Waals surface area contributed by atoms with E-state index in [9.17, 15) is 0 Å². The zero-order chi connectivity index (χ0) is 13.9. The van der Waals surface area contributed by atoms with Crippen molar-refractivity contribution in [2.75, 3.05) is 36.8 Å². The lowest BCUT2D eigenvalue weighted by Gasteiger charge is -2.45. The van der Waals surface area contributed by atoms with Crippen LogP contribution in [0.25, 0.3) is 0 Å². The first-order valence-electron chi connectivity index (χ1n) is 7.82. The molecule has 2 N–H and O–H groups in total. The van der Waals surface area contributed by atoms with Gasteiger partial charge in [-0.2, -0.15) is 4.98 Å². The molecule has 0 aromatic carbocycles. The maximum absolute atomic E-state index is 4.64. The molecular formula is C15H25N5. The number of aromatic nitrogens is 2. The SMILES string of the molecule is CCCNc1ncc(C)c(NC2CN3CCC2CC3)n1. The molecule has 0 saturated carbocycles. The van der Waals surface area contributed by atoms with Gasteiger partial charge in [0.2, 0.25) is 5.95 Å². The van der Waals surface area contributed by atoms with E-state index in [0.29, 0.717) is 6.04 Å². The van der Waals surface area contributed by atoms with Crippen molar-refractivity contribution in [2.24, 2.45) is 5.92 Å². The third-order valence-electron chi connectivity index (χ3n) is 4.48. The van der Waals surface area contributed by atoms with Gasteiger partial charge in [0.15, 0.2) is 0 Å². The van der Waals surface area contributed by atoms with Gasteiger partial charge in [0, 0.05) is 30.9 Å². The van der Waals surface area contributed by atoms with Crippen LogP contribution in [-0.2, 0) is 0 Å². The average Bonchev–Trinajstić information content (AvgIpc) is 2.49. The summed E-state index contributed by atoms with van der Waals surface area (Å²) in [6.45, 7) is 8.85. The highest BCUT2D eigenvalue weighted by atomic mass is 15.2. The summed E-state index contributed by atoms with van der Waals surface area (Å²) in [4.78, 5) is 11.5. The fourth-order valence-electron chi connectivity index (χ4n) is 3.21. The fraction of sp³-hybridized carbons (Fsp3) is 0.733. The van der Waals surface area contributed by atoms with Crippen molar-refractivity contribution in [1.29, 1.82) is 0 Å². The van der Waals surface area contributed by atoms with Gasteiger partial charge >= 0.3 is 0 Å². The molecule has 110 valence electrons. The van der Waals surface area contributed by atoms with Crippen LogP contribution in [0.1, 0.15) is 31.7 Å². The van der Waals surface area contributed by atoms with E-state index in [1.165, 1.54) is 25.9 Å². The first kappa shape index (κ1) is 13.6. The van der Waals surface area contributed by atoms with Crippen LogP contribution in [0, 0.1) is 12.8 Å². The van der Waals surface area contributed by atoms with Crippen molar-refractivity contribution in [3.63, 3.8) is 0 Å². The molecule has 1 unspecified atom stereocenters. The highest BCUT2D eigenvalue weighted by molar-refractivity contribution is 5.47. The molecule has 3 fully saturated rings. The Hall–Kier alpha value is -1.36. The number of anilines is 2. The van der Waals surface area contributed by atoms with Crippen LogP contribution in [0.3, 0.4) is 0 Å². The number of hydrogen-bond donors (Lipinski definition) is 2. The maximum atomic E-state index is 4.64. The Morgan fingerprint density at radius 1 is 1.35 bits per heavy atom. The van der Waals surface area contributed by atoms with E-state index in [1.54, 1.807) is 0 Å². The zero-order valence-corrected chi connectivity index (χ0v) is 12.5. The van der Waals surface area contributed by atoms with Crippen LogP contribution in [0.15, 0.2) is 6.20 Å². The normalized spacial score (nSPS) is 28.4. The topological polar surface area (TPSA) is 53.1 Å². The molecule has 1 atom stereocenters. The van der Waals surface area contributed by atoms with Gasteiger partial charge in [-0.15, -0.1) is 0 Å². The van der Waals surface area contributed by atoms with E-state index in [0.717, 1.165) is 42.8 Å². The number of fused-ring (bicyclic) bond motifs is 3. The quantitative estimate of drug-likeness (QED) is 0.862. The molecule has 4 heterocycles. The predicted molar refractivity (Wildman–Crippen MR) is 82.1 cm³/mol. The summed E-state index contributed by atoms with van der Waals surface area (Å²) in [5.74, 6) is 2.54. The fourth-order valence-corrected chi connectivity index (χ4v) is 3.21. The van der Waals surface area contributed by atoms with E-state index >= 15 is 0 Å². The molecule has 3 aliphatic heterocycles. The summed E-state index contributed by atoms with van der Waals surface area (Å²) in [6.07, 6.45) is 5.64. The minimum Gasteiger partial charge on any atom is -0.365 e. The number of nitrogens with one attached hydrogen (secondary N) is 2. The smallest absolute Gasteiger partial charge is 0.224 e. The Labute approximate surface area is 121 Å². The minimum atomic E-state index is 0.546. The van der Waals surface area contributed by atoms with Gasteiger partial charge in [-0.05, 0) is 45.2 Å². The number of aryl methyl sites for hydroxylation is 1. The first-order chi connectivity index (χ1) is 9.76. The summed E-state index contributed by atoms with van der Waals surface area (Å²) in [7, 11) is 0. The average molecular weight is 275 g/mol. The second kappa shape index (κ2) is 5.95. The van der Waals surface area contributed by atoms with Crippen LogP contribution < -0.4 is 10.6 Å². The lowest BCUT2D eigenvalue weighted by Crippen LogP contribution is -2.53. The lowest BCUT2D eigenvalue weighted by atomic mass is 9.84. The molecule has 5 heteroatoms. The van der Waals surface area contributed by atoms with E-state index in [2.05, 4.69) is 39.3 Å². The van der Waals surface area contributed by atoms with E-state index < -0.39 is 0 Å². The van der Waals surface area contributed by atoms with E-state index in [-0.39, 0.29) is 0 Å². The molecule has 3 saturated heterocycles. The van der Waals surface area contributed by atoms with Crippen molar-refractivity contribution in [2.45, 2.75) is 39.2 Å². The van der Waals surface area contributed by atoms with Gasteiger partial charge in [0.05, 0.1) is 0 Å². The number of hydrogen-bond acceptors (Lipinski definition) is 5. The van der Waals surface area contributed by atoms with Crippen LogP contribution in [0.4, 0.5) is 11.8 Å². The van der Waals surface area contributed by atoms with Gasteiger partial charge < -0.3 is 15.5 Å². The largest absolute Gasteiger partial charge is 0.365 e. The van der Waals surface area contributed by atoms with Gasteiger partial charge in [-0.3, -0.25) is 0 Å². The molecular weight excluding hydrogens is 250 g/mol. The molecule has 20 heavy (non-hydrogen) atoms. The Balaban J connectivity index is 1.69. The Morgan fingerprint density at radius 2 is 2.15 bits per heavy atom. The van der Waals surface area contributed by atoms with Crippen molar-refractivity contribution in [1.82, 2.24) is 14.9 Å². The van der Waals surface area contributed by atoms with E-state index in [1.807, 2.05) is 6.20 Å². The Bertz CT molecular complexity index is 454. The summed E-state index contributed by atoms with van der Waals surface area (Å²) >= 11 is 0. The predicted octanol–water partition coefficient (Wildman–Crippen LogP) is 2.11. The molecule has 1 aromatic heterocycles. The number of piperidine rings is 3. The summed E-state index contributed by atoms with van der Waals surface area (Å²) in [5.41, 5.74) is 1.13. The Morgan fingerprint density at radius 3 is 2.80 bits per heavy atom. The summed E-state index contributed by atoms with van der Waals surface area (Å²) < 4.78 is 0. The number of nitrogens with zero attached hydrogens (tertiary/aromatic N) is 3. The van der Waals surface area contributed by atoms with E-state index in [4.69, 9.17) is 0 Å². The molecule has 0 amide bonds. The molecule has 5 nitrogen and oxygen atoms in total. The third-order valence-corrected chi connectivity index (χ3v) is 4.48. The Kier molecular flexibility index (Phi) is 4.05. The van der Waals surface area contributed by atoms with Crippen LogP contribution in [0.5, 0.6) is 0 Å². The molecule has 1 aromatic rings. The highest BCUT2D eigenvalue weighted by Crippen LogP contribution is 2.30. The molecule has 3 aliphatic rings. The van der Waals surface area contributed by atoms with Crippen molar-refractivity contribution >= 4 is 11.8 Å². The van der Waals surface area contributed by atoms with Gasteiger partial charge in [-0.25, -0.2) is 4.98 Å². The van der Waals surface area contributed by atoms with Crippen LogP contribution >= 0.6 is 0 Å². The second-order valence-electron chi connectivity index (χ2n) is 6.04. The van der Waals surface area contributed by atoms with Crippen LogP contribution in [0.2, 0.25) is 0 Å². The molecule has 2 bridgehead atoms. The van der Waals surface area contributed by atoms with Crippen molar-refractivity contribution in [3.8, 4) is 0 Å². The molecule has 0 aliphatic carbocycles. The van der Waals surface area contributed by atoms with Gasteiger partial charge in [-0.1, -0.05) is 6.92 Å². The van der Waals surface area contributed by atoms with Gasteiger partial charge in [0.25, 0.3) is 0 Å². The highest BCUT2D eigenvalue weighted by Gasteiger charge is 2.34. The standard InChI is InChI=1S/C15H25N5/c1-3-6-16-15-17-9-11(2)14(19-15)18-13-10-20-7-4-12(13)5-8-20/h9,12-13H,3-8,10H2,1-2H3,(H2,16,17,18,19). The molecule has 4 rings (SSSR count). The van der Waals surface area contributed by atoms with Crippen molar-refractivity contribution < 1.29 is 0 Å². The second-order valence-corrected chi connectivity index (χ2v) is 6.04. The zero-order valence-electron chi connectivity index (χ0n) is 12.5. The van der Waals surface area contributed by atoms with Crippen LogP contribution in [-0.4, -0.2) is 47.1 Å². The first-order valence-corrected chi connectivity index (χ1v) is 7.82. The maximum Gasteiger partial charge on any atom is 0.224 e. The third kappa shape index (κ3) is 2.87. The molecule has 0 spiro atoms. The summed E-state index contributed by atoms with van der Waals surface area (Å²) in [5, 5.41) is 6.93. The summed E-state index contributed by atoms with van der Waals surface area (Å²) in [6, 6.07) is 0.546. The molecule has 0 radical (unpaired) electrons. The van der Waals surface area contributed by atoms with Crippen molar-refractivity contribution in [3.05, 3.63) is 11.8 Å². The minimum absolute atomic E-state index is 0.546. The lowest BCUT2D eigenvalue weighted by molar-refractivity contribution is 0.0973. The monoisotopic (exact) mass is 275 g/mol. The van der Waals surface area contributed by atoms with Gasteiger partial charge in [0.1, 0.15) is 5.82 Å².